The lowest BCUT2D eigenvalue weighted by atomic mass is 10.0. The molecular formula is C15H15NO2S. The first-order chi connectivity index (χ1) is 11.3. The Labute approximate surface area is 121 Å². The lowest BCUT2D eigenvalue weighted by Crippen LogP contribution is -2.23. The predicted octanol–water partition coefficient (Wildman–Crippen LogP) is 2.01. The average molecular weight is 278 g/mol. The van der Waals surface area contributed by atoms with E-state index >= 15 is 0 Å². The monoisotopic (exact) mass is 278 g/mol. The molecule has 0 saturated carbocycles. The van der Waals surface area contributed by atoms with Crippen LogP contribution in [0.25, 0.3) is 0 Å². The molecule has 0 bridgehead atoms. The molecule has 1 amide bonds. The van der Waals surface area contributed by atoms with Crippen LogP contribution < -0.4 is 5.73 Å². The average Bonchev–Trinajstić information content (AvgIpc) is 2.55. The van der Waals surface area contributed by atoms with Crippen molar-refractivity contribution in [1.29, 1.82) is 0 Å². The van der Waals surface area contributed by atoms with Gasteiger partial charge in [0.2, 0.25) is 5.91 Å². The number of benzene rings is 2. The summed E-state index contributed by atoms with van der Waals surface area (Å²) in [4.78, 5) is 11.2. The van der Waals surface area contributed by atoms with Gasteiger partial charge in [-0.3, -0.25) is 9.00 Å². The maximum absolute atomic E-state index is 12.6. The van der Waals surface area contributed by atoms with E-state index in [1.807, 2.05) is 0 Å². The molecule has 0 aliphatic carbocycles. The summed E-state index contributed by atoms with van der Waals surface area (Å²) >= 11 is 0. The van der Waals surface area contributed by atoms with Crippen molar-refractivity contribution >= 4 is 16.7 Å². The van der Waals surface area contributed by atoms with E-state index in [1.165, 1.54) is 0 Å². The van der Waals surface area contributed by atoms with Gasteiger partial charge in [-0.1, -0.05) is 60.5 Å². The van der Waals surface area contributed by atoms with Gasteiger partial charge in [0.15, 0.2) is 0 Å². The minimum atomic E-state index is -1.88. The van der Waals surface area contributed by atoms with Crippen molar-refractivity contribution in [2.45, 2.75) is 5.25 Å². The van der Waals surface area contributed by atoms with Crippen molar-refractivity contribution in [3.8, 4) is 0 Å². The van der Waals surface area contributed by atoms with E-state index in [9.17, 15) is 9.00 Å². The van der Waals surface area contributed by atoms with E-state index < -0.39 is 57.9 Å². The third-order valence-corrected chi connectivity index (χ3v) is 4.03. The minimum Gasteiger partial charge on any atom is -0.369 e. The molecule has 0 aliphatic rings. The number of hydrogen-bond acceptors (Lipinski definition) is 2. The van der Waals surface area contributed by atoms with Gasteiger partial charge in [-0.05, 0) is 11.1 Å². The first-order valence-electron chi connectivity index (χ1n) is 8.03. The van der Waals surface area contributed by atoms with Crippen LogP contribution in [-0.2, 0) is 15.6 Å². The molecule has 2 unspecified atom stereocenters. The van der Waals surface area contributed by atoms with E-state index in [0.29, 0.717) is 5.56 Å². The Balaban J connectivity index is 2.74. The SMILES string of the molecule is [2H]c1c([2H])c([2H])c(C(c2ccccc2)S(=O)CC(N)=O)c([2H])c1[2H]. The molecule has 98 valence electrons. The van der Waals surface area contributed by atoms with Gasteiger partial charge < -0.3 is 5.73 Å². The fraction of sp³-hybridized carbons (Fsp3) is 0.133. The molecule has 0 radical (unpaired) electrons. The van der Waals surface area contributed by atoms with Crippen molar-refractivity contribution in [3.63, 3.8) is 0 Å². The zero-order valence-corrected chi connectivity index (χ0v) is 10.8. The molecule has 2 atom stereocenters. The summed E-state index contributed by atoms with van der Waals surface area (Å²) < 4.78 is 52.0. The third-order valence-electron chi connectivity index (χ3n) is 2.43. The number of carbonyl (C=O) groups excluding carboxylic acids is 1. The summed E-state index contributed by atoms with van der Waals surface area (Å²) in [6.45, 7) is 0. The molecule has 3 nitrogen and oxygen atoms in total. The summed E-state index contributed by atoms with van der Waals surface area (Å²) in [5.74, 6) is -1.26. The molecule has 4 heteroatoms. The van der Waals surface area contributed by atoms with E-state index in [1.54, 1.807) is 30.3 Å². The number of carbonyl (C=O) groups is 1. The largest absolute Gasteiger partial charge is 0.369 e. The molecule has 0 spiro atoms. The molecule has 19 heavy (non-hydrogen) atoms. The van der Waals surface area contributed by atoms with Gasteiger partial charge in [0.05, 0.1) is 12.1 Å². The van der Waals surface area contributed by atoms with Gasteiger partial charge in [-0.25, -0.2) is 0 Å². The van der Waals surface area contributed by atoms with Crippen LogP contribution in [0.3, 0.4) is 0 Å². The molecule has 0 heterocycles. The number of nitrogens with two attached hydrogens (primary N) is 1. The summed E-state index contributed by atoms with van der Waals surface area (Å²) in [7, 11) is -1.88. The zero-order valence-electron chi connectivity index (χ0n) is 15.0. The highest BCUT2D eigenvalue weighted by molar-refractivity contribution is 7.86. The Morgan fingerprint density at radius 1 is 1.16 bits per heavy atom. The first kappa shape index (κ1) is 8.27. The van der Waals surface area contributed by atoms with Crippen LogP contribution in [0.2, 0.25) is 0 Å². The van der Waals surface area contributed by atoms with Gasteiger partial charge in [0, 0.05) is 10.8 Å². The van der Waals surface area contributed by atoms with Crippen molar-refractivity contribution in [2.75, 3.05) is 5.75 Å². The van der Waals surface area contributed by atoms with Crippen molar-refractivity contribution in [1.82, 2.24) is 0 Å². The van der Waals surface area contributed by atoms with Crippen molar-refractivity contribution in [2.24, 2.45) is 5.73 Å². The predicted molar refractivity (Wildman–Crippen MR) is 76.9 cm³/mol. The van der Waals surface area contributed by atoms with Crippen LogP contribution in [0, 0.1) is 0 Å². The molecule has 2 aromatic rings. The Hall–Kier alpha value is -1.94. The lowest BCUT2D eigenvalue weighted by Gasteiger charge is -2.16. The summed E-state index contributed by atoms with van der Waals surface area (Å²) in [6, 6.07) is 5.93. The fourth-order valence-electron chi connectivity index (χ4n) is 1.69. The number of amides is 1. The Morgan fingerprint density at radius 2 is 1.79 bits per heavy atom. The maximum atomic E-state index is 12.6. The van der Waals surface area contributed by atoms with Crippen LogP contribution in [0.5, 0.6) is 0 Å². The third kappa shape index (κ3) is 3.51. The van der Waals surface area contributed by atoms with Crippen molar-refractivity contribution in [3.05, 3.63) is 71.7 Å². The minimum absolute atomic E-state index is 0.105. The molecule has 2 N–H and O–H groups in total. The first-order valence-corrected chi connectivity index (χ1v) is 6.91. The highest BCUT2D eigenvalue weighted by Crippen LogP contribution is 2.27. The van der Waals surface area contributed by atoms with Gasteiger partial charge in [-0.2, -0.15) is 0 Å². The topological polar surface area (TPSA) is 60.2 Å². The van der Waals surface area contributed by atoms with Crippen molar-refractivity contribution < 1.29 is 15.9 Å². The molecule has 2 rings (SSSR count). The molecule has 2 aromatic carbocycles. The van der Waals surface area contributed by atoms with E-state index in [2.05, 4.69) is 0 Å². The second kappa shape index (κ2) is 6.29. The quantitative estimate of drug-likeness (QED) is 0.909. The standard InChI is InChI=1S/C15H15NO2S/c16-14(17)11-19(18)15(12-7-3-1-4-8-12)13-9-5-2-6-10-13/h1-10,15H,11H2,(H2,16,17)/i1D,3D,4D,7D,8D. The molecule has 0 aromatic heterocycles. The molecule has 0 aliphatic heterocycles. The number of rotatable bonds is 5. The van der Waals surface area contributed by atoms with Gasteiger partial charge in [0.1, 0.15) is 5.75 Å². The van der Waals surface area contributed by atoms with Crippen LogP contribution in [-0.4, -0.2) is 15.9 Å². The van der Waals surface area contributed by atoms with E-state index in [-0.39, 0.29) is 5.56 Å². The van der Waals surface area contributed by atoms with E-state index in [0.717, 1.165) is 0 Å². The normalized spacial score (nSPS) is 17.4. The Kier molecular flexibility index (Phi) is 2.74. The van der Waals surface area contributed by atoms with Crippen LogP contribution in [0.4, 0.5) is 0 Å². The Bertz CT molecular complexity index is 784. The van der Waals surface area contributed by atoms with Crippen LogP contribution in [0.15, 0.2) is 60.5 Å². The second-order valence-corrected chi connectivity index (χ2v) is 5.34. The van der Waals surface area contributed by atoms with E-state index in [4.69, 9.17) is 12.6 Å². The second-order valence-electron chi connectivity index (χ2n) is 3.82. The summed E-state index contributed by atoms with van der Waals surface area (Å²) in [5, 5.41) is -1.05. The Morgan fingerprint density at radius 3 is 2.37 bits per heavy atom. The lowest BCUT2D eigenvalue weighted by molar-refractivity contribution is -0.115. The molecular weight excluding hydrogens is 258 g/mol. The van der Waals surface area contributed by atoms with Gasteiger partial charge >= 0.3 is 0 Å². The maximum Gasteiger partial charge on any atom is 0.230 e. The number of primary amides is 1. The fourth-order valence-corrected chi connectivity index (χ4v) is 2.98. The van der Waals surface area contributed by atoms with Crippen LogP contribution >= 0.6 is 0 Å². The van der Waals surface area contributed by atoms with Crippen LogP contribution in [0.1, 0.15) is 23.2 Å². The summed E-state index contributed by atoms with van der Waals surface area (Å²) in [6.07, 6.45) is 0. The highest BCUT2D eigenvalue weighted by Gasteiger charge is 2.22. The highest BCUT2D eigenvalue weighted by atomic mass is 32.2. The van der Waals surface area contributed by atoms with Gasteiger partial charge in [-0.15, -0.1) is 0 Å². The summed E-state index contributed by atoms with van der Waals surface area (Å²) in [5.41, 5.74) is 5.49. The van der Waals surface area contributed by atoms with Gasteiger partial charge in [0.25, 0.3) is 0 Å². The zero-order chi connectivity index (χ0) is 18.0. The number of hydrogen-bond donors (Lipinski definition) is 1. The molecule has 0 saturated heterocycles. The smallest absolute Gasteiger partial charge is 0.230 e. The molecule has 0 fully saturated rings.